The van der Waals surface area contributed by atoms with E-state index in [9.17, 15) is 0 Å². The van der Waals surface area contributed by atoms with E-state index in [1.165, 1.54) is 0 Å². The van der Waals surface area contributed by atoms with E-state index in [1.54, 1.807) is 0 Å². The van der Waals surface area contributed by atoms with Crippen LogP contribution >= 0.6 is 17.7 Å². The molecule has 0 saturated carbocycles. The fourth-order valence-electron chi connectivity index (χ4n) is 2.53. The normalized spacial score (nSPS) is 13.7. The third-order valence-corrected chi connectivity index (χ3v) is 9.49. The van der Waals surface area contributed by atoms with Gasteiger partial charge in [-0.1, -0.05) is 0 Å². The number of hydrogen-bond acceptors (Lipinski definition) is 2. The summed E-state index contributed by atoms with van der Waals surface area (Å²) in [5, 5.41) is 0. The zero-order valence-corrected chi connectivity index (χ0v) is 16.7. The first kappa shape index (κ1) is 20.9. The summed E-state index contributed by atoms with van der Waals surface area (Å²) in [6.07, 6.45) is 5.15. The first-order chi connectivity index (χ1) is 11.1. The molecule has 0 heterocycles. The third kappa shape index (κ3) is 7.52. The average molecular weight is 361 g/mol. The Labute approximate surface area is 147 Å². The van der Waals surface area contributed by atoms with Crippen molar-refractivity contribution >= 4 is 17.7 Å². The molecule has 23 heavy (non-hydrogen) atoms. The van der Waals surface area contributed by atoms with Gasteiger partial charge in [0.2, 0.25) is 0 Å². The van der Waals surface area contributed by atoms with E-state index in [0.29, 0.717) is 13.2 Å². The van der Waals surface area contributed by atoms with Crippen LogP contribution in [0.5, 0.6) is 0 Å². The van der Waals surface area contributed by atoms with Crippen molar-refractivity contribution in [3.8, 4) is 0 Å². The molecule has 0 aliphatic heterocycles. The monoisotopic (exact) mass is 360 g/mol. The standard InChI is InChI=1S/C19H34ClO2P/c1-4-7-15-21-23(20,16-8-5-2,17-9-6-3)22-18-19-13-11-10-12-14-19/h10-14H,4-9,15-18H2,1-3H3. The van der Waals surface area contributed by atoms with E-state index in [-0.39, 0.29) is 0 Å². The molecule has 0 aromatic heterocycles. The molecule has 1 aromatic carbocycles. The summed E-state index contributed by atoms with van der Waals surface area (Å²) < 4.78 is 12.8. The van der Waals surface area contributed by atoms with E-state index in [4.69, 9.17) is 20.3 Å². The molecule has 0 spiro atoms. The summed E-state index contributed by atoms with van der Waals surface area (Å²) in [7, 11) is 0. The van der Waals surface area contributed by atoms with Crippen LogP contribution in [0.4, 0.5) is 0 Å². The zero-order valence-electron chi connectivity index (χ0n) is 15.1. The van der Waals surface area contributed by atoms with E-state index < -0.39 is 6.41 Å². The van der Waals surface area contributed by atoms with Gasteiger partial charge < -0.3 is 0 Å². The number of rotatable bonds is 13. The maximum atomic E-state index is 7.23. The molecule has 0 N–H and O–H groups in total. The SMILES string of the molecule is CCCCOP(Cl)(CCCC)(CCCC)OCc1ccccc1. The summed E-state index contributed by atoms with van der Waals surface area (Å²) in [6.45, 7) is 7.82. The van der Waals surface area contributed by atoms with Crippen LogP contribution in [0.2, 0.25) is 0 Å². The van der Waals surface area contributed by atoms with Gasteiger partial charge in [0.1, 0.15) is 0 Å². The molecule has 1 aromatic rings. The number of unbranched alkanes of at least 4 members (excludes halogenated alkanes) is 3. The average Bonchev–Trinajstić information content (AvgIpc) is 2.59. The molecule has 2 nitrogen and oxygen atoms in total. The van der Waals surface area contributed by atoms with Crippen LogP contribution in [0.1, 0.15) is 64.9 Å². The Kier molecular flexibility index (Phi) is 9.70. The molecule has 134 valence electrons. The van der Waals surface area contributed by atoms with Crippen LogP contribution in [-0.2, 0) is 15.7 Å². The fourth-order valence-corrected chi connectivity index (χ4v) is 7.21. The van der Waals surface area contributed by atoms with Gasteiger partial charge in [-0.25, -0.2) is 0 Å². The van der Waals surface area contributed by atoms with Gasteiger partial charge in [-0.05, 0) is 0 Å². The first-order valence-corrected chi connectivity index (χ1v) is 12.5. The summed E-state index contributed by atoms with van der Waals surface area (Å²) in [4.78, 5) is 0. The molecule has 0 aliphatic carbocycles. The molecule has 1 rings (SSSR count). The predicted octanol–water partition coefficient (Wildman–Crippen LogP) is 7.16. The minimum atomic E-state index is -3.07. The summed E-state index contributed by atoms with van der Waals surface area (Å²) in [6, 6.07) is 10.3. The van der Waals surface area contributed by atoms with Crippen LogP contribution in [0, 0.1) is 0 Å². The molecular weight excluding hydrogens is 327 g/mol. The Bertz CT molecular complexity index is 417. The molecular formula is C19H34ClO2P. The molecule has 0 amide bonds. The second-order valence-corrected chi connectivity index (χ2v) is 12.3. The second kappa shape index (κ2) is 10.7. The topological polar surface area (TPSA) is 18.5 Å². The molecule has 0 radical (unpaired) electrons. The molecule has 0 fully saturated rings. The summed E-state index contributed by atoms with van der Waals surface area (Å²) in [5.41, 5.74) is 1.16. The zero-order chi connectivity index (χ0) is 17.0. The van der Waals surface area contributed by atoms with E-state index in [1.807, 2.05) is 18.2 Å². The predicted molar refractivity (Wildman–Crippen MR) is 104 cm³/mol. The molecule has 0 aliphatic rings. The minimum absolute atomic E-state index is 0.543. The maximum absolute atomic E-state index is 7.23. The molecule has 0 saturated heterocycles. The van der Waals surface area contributed by atoms with Crippen LogP contribution in [0.3, 0.4) is 0 Å². The van der Waals surface area contributed by atoms with Crippen LogP contribution in [-0.4, -0.2) is 18.9 Å². The molecule has 0 unspecified atom stereocenters. The fraction of sp³-hybridized carbons (Fsp3) is 0.684. The number of hydrogen-bond donors (Lipinski definition) is 0. The first-order valence-electron chi connectivity index (χ1n) is 9.13. The molecule has 4 heteroatoms. The van der Waals surface area contributed by atoms with Gasteiger partial charge in [-0.2, -0.15) is 0 Å². The van der Waals surface area contributed by atoms with Crippen LogP contribution in [0.25, 0.3) is 0 Å². The Morgan fingerprint density at radius 1 is 0.826 bits per heavy atom. The Morgan fingerprint density at radius 2 is 1.39 bits per heavy atom. The number of benzene rings is 1. The molecule has 0 atom stereocenters. The van der Waals surface area contributed by atoms with Crippen molar-refractivity contribution in [2.75, 3.05) is 18.9 Å². The van der Waals surface area contributed by atoms with Gasteiger partial charge >= 0.3 is 147 Å². The van der Waals surface area contributed by atoms with Crippen LogP contribution < -0.4 is 0 Å². The van der Waals surface area contributed by atoms with Gasteiger partial charge in [0, 0.05) is 0 Å². The van der Waals surface area contributed by atoms with Crippen molar-refractivity contribution in [1.82, 2.24) is 0 Å². The molecule has 0 bridgehead atoms. The van der Waals surface area contributed by atoms with Crippen molar-refractivity contribution in [3.05, 3.63) is 35.9 Å². The Hall–Kier alpha value is -0.140. The summed E-state index contributed by atoms with van der Waals surface area (Å²) >= 11 is 7.23. The van der Waals surface area contributed by atoms with Crippen molar-refractivity contribution in [2.24, 2.45) is 0 Å². The van der Waals surface area contributed by atoms with Crippen molar-refractivity contribution < 1.29 is 9.05 Å². The van der Waals surface area contributed by atoms with Gasteiger partial charge in [0.05, 0.1) is 0 Å². The third-order valence-electron chi connectivity index (χ3n) is 4.11. The summed E-state index contributed by atoms with van der Waals surface area (Å²) in [5.74, 6) is 0. The Balaban J connectivity index is 2.88. The van der Waals surface area contributed by atoms with Crippen molar-refractivity contribution in [3.63, 3.8) is 0 Å². The van der Waals surface area contributed by atoms with E-state index in [2.05, 4.69) is 32.9 Å². The van der Waals surface area contributed by atoms with E-state index >= 15 is 0 Å². The van der Waals surface area contributed by atoms with Crippen molar-refractivity contribution in [2.45, 2.75) is 65.9 Å². The van der Waals surface area contributed by atoms with Gasteiger partial charge in [-0.15, -0.1) is 0 Å². The van der Waals surface area contributed by atoms with Crippen molar-refractivity contribution in [1.29, 1.82) is 0 Å². The Morgan fingerprint density at radius 3 is 1.91 bits per heavy atom. The quantitative estimate of drug-likeness (QED) is 0.274. The number of halogens is 1. The second-order valence-electron chi connectivity index (χ2n) is 6.29. The van der Waals surface area contributed by atoms with Gasteiger partial charge in [-0.3, -0.25) is 0 Å². The van der Waals surface area contributed by atoms with E-state index in [0.717, 1.165) is 56.4 Å². The van der Waals surface area contributed by atoms with Gasteiger partial charge in [0.15, 0.2) is 0 Å². The van der Waals surface area contributed by atoms with Gasteiger partial charge in [0.25, 0.3) is 0 Å². The van der Waals surface area contributed by atoms with Crippen LogP contribution in [0.15, 0.2) is 30.3 Å².